The molecule has 0 bridgehead atoms. The molecule has 0 N–H and O–H groups in total. The second kappa shape index (κ2) is 43.0. The van der Waals surface area contributed by atoms with Crippen molar-refractivity contribution in [2.45, 2.75) is 276 Å². The number of hydrogen-bond acceptors (Lipinski definition) is 11. The van der Waals surface area contributed by atoms with Gasteiger partial charge in [0.15, 0.2) is 5.79 Å². The highest BCUT2D eigenvalue weighted by atomic mass is 32.2. The van der Waals surface area contributed by atoms with Gasteiger partial charge in [0.25, 0.3) is 10.1 Å². The van der Waals surface area contributed by atoms with Crippen LogP contribution in [0.25, 0.3) is 0 Å². The summed E-state index contributed by atoms with van der Waals surface area (Å²) in [6.07, 6.45) is 36.3. The molecule has 1 aliphatic rings. The Kier molecular flexibility index (Phi) is 39.8. The van der Waals surface area contributed by atoms with E-state index in [0.717, 1.165) is 118 Å². The molecule has 408 valence electrons. The summed E-state index contributed by atoms with van der Waals surface area (Å²) in [4.78, 5) is 26.1. The molecule has 12 heteroatoms. The van der Waals surface area contributed by atoms with Gasteiger partial charge in [-0.1, -0.05) is 174 Å². The van der Waals surface area contributed by atoms with Gasteiger partial charge in [-0.3, -0.25) is 13.8 Å². The minimum absolute atomic E-state index is 0.00233. The number of thioether (sulfide) groups is 2. The van der Waals surface area contributed by atoms with Gasteiger partial charge in [0.05, 0.1) is 24.7 Å². The van der Waals surface area contributed by atoms with Crippen LogP contribution in [0.4, 0.5) is 0 Å². The maximum absolute atomic E-state index is 13.0. The predicted molar refractivity (Wildman–Crippen MR) is 297 cm³/mol. The summed E-state index contributed by atoms with van der Waals surface area (Å²) in [7, 11) is -3.90. The molecule has 1 aromatic rings. The summed E-state index contributed by atoms with van der Waals surface area (Å²) in [5, 5.41) is 0. The number of ether oxygens (including phenoxy) is 4. The molecule has 0 aromatic heterocycles. The van der Waals surface area contributed by atoms with Crippen molar-refractivity contribution in [1.82, 2.24) is 0 Å². The van der Waals surface area contributed by atoms with Crippen molar-refractivity contribution in [1.29, 1.82) is 0 Å². The zero-order chi connectivity index (χ0) is 50.8. The highest BCUT2D eigenvalue weighted by molar-refractivity contribution is 7.99. The second-order valence-corrected chi connectivity index (χ2v) is 24.3. The zero-order valence-electron chi connectivity index (χ0n) is 45.4. The first-order valence-electron chi connectivity index (χ1n) is 28.8. The summed E-state index contributed by atoms with van der Waals surface area (Å²) in [6.45, 7) is 11.6. The molecule has 2 unspecified atom stereocenters. The first-order valence-corrected chi connectivity index (χ1v) is 32.6. The molecular weight excluding hydrogens is 937 g/mol. The van der Waals surface area contributed by atoms with Gasteiger partial charge in [0.1, 0.15) is 12.2 Å². The van der Waals surface area contributed by atoms with Crippen molar-refractivity contribution in [2.24, 2.45) is 5.92 Å². The Balaban J connectivity index is 1.99. The van der Waals surface area contributed by atoms with E-state index in [-0.39, 0.29) is 41.6 Å². The first kappa shape index (κ1) is 64.8. The standard InChI is InChI=1S/C58H104O9S3/c1-6-10-14-18-20-22-28-36-56(59)66-53(49-68-44-32-16-12-8-3)34-26-24-30-42-58(63-46-52(47-64-58)48-65-70(61,62)55-40-38-51(5)39-41-55)43-31-25-27-35-54(50-69-45-33-17-13-9-4)67-57(60)37-29-23-21-19-15-11-7-2/h38-41,52-54H,6-37,42-50H2,1-5H3. The minimum atomic E-state index is -3.90. The van der Waals surface area contributed by atoms with Crippen LogP contribution in [0.15, 0.2) is 29.2 Å². The fourth-order valence-corrected chi connectivity index (χ4v) is 12.1. The van der Waals surface area contributed by atoms with Gasteiger partial charge in [-0.05, 0) is 94.8 Å². The van der Waals surface area contributed by atoms with E-state index in [9.17, 15) is 18.0 Å². The van der Waals surface area contributed by atoms with Crippen LogP contribution in [0.5, 0.6) is 0 Å². The van der Waals surface area contributed by atoms with Crippen molar-refractivity contribution >= 4 is 45.6 Å². The van der Waals surface area contributed by atoms with Gasteiger partial charge in [0, 0.05) is 43.1 Å². The Morgan fingerprint density at radius 2 is 0.943 bits per heavy atom. The molecule has 70 heavy (non-hydrogen) atoms. The number of carbonyl (C=O) groups is 2. The van der Waals surface area contributed by atoms with Crippen LogP contribution < -0.4 is 0 Å². The van der Waals surface area contributed by atoms with E-state index in [1.807, 2.05) is 30.4 Å². The molecule has 0 aliphatic carbocycles. The quantitative estimate of drug-likeness (QED) is 0.0353. The monoisotopic (exact) mass is 1040 g/mol. The van der Waals surface area contributed by atoms with E-state index >= 15 is 0 Å². The van der Waals surface area contributed by atoms with E-state index in [2.05, 4.69) is 27.7 Å². The van der Waals surface area contributed by atoms with E-state index < -0.39 is 15.9 Å². The third-order valence-corrected chi connectivity index (χ3v) is 17.2. The lowest BCUT2D eigenvalue weighted by Gasteiger charge is -2.40. The van der Waals surface area contributed by atoms with Crippen molar-refractivity contribution in [3.05, 3.63) is 29.8 Å². The van der Waals surface area contributed by atoms with Gasteiger partial charge < -0.3 is 18.9 Å². The third-order valence-electron chi connectivity index (χ3n) is 13.6. The zero-order valence-corrected chi connectivity index (χ0v) is 47.9. The molecule has 1 heterocycles. The lowest BCUT2D eigenvalue weighted by Crippen LogP contribution is -2.45. The number of carbonyl (C=O) groups excluding carboxylic acids is 2. The fraction of sp³-hybridized carbons (Fsp3) is 0.862. The normalized spacial score (nSPS) is 17.1. The average Bonchev–Trinajstić information content (AvgIpc) is 3.35. The lowest BCUT2D eigenvalue weighted by atomic mass is 9.97. The summed E-state index contributed by atoms with van der Waals surface area (Å²) in [6, 6.07) is 6.71. The SMILES string of the molecule is CCCCCCCCCC(=O)OC(CCCCCC1(CCCCCC(CSCCCCCC)OC(=O)CCCCCCCCC)OCC(COS(=O)(=O)c2ccc(C)cc2)CO1)CSCCCCCC. The average molecular weight is 1040 g/mol. The lowest BCUT2D eigenvalue weighted by molar-refractivity contribution is -0.292. The summed E-state index contributed by atoms with van der Waals surface area (Å²) in [5.74, 6) is 2.86. The van der Waals surface area contributed by atoms with Gasteiger partial charge in [-0.15, -0.1) is 0 Å². The number of hydrogen-bond donors (Lipinski definition) is 0. The summed E-state index contributed by atoms with van der Waals surface area (Å²) in [5.41, 5.74) is 0.985. The molecule has 9 nitrogen and oxygen atoms in total. The Bertz CT molecular complexity index is 1440. The van der Waals surface area contributed by atoms with E-state index in [1.165, 1.54) is 116 Å². The third kappa shape index (κ3) is 33.5. The Hall–Kier alpha value is -1.31. The molecule has 1 saturated heterocycles. The van der Waals surface area contributed by atoms with Gasteiger partial charge >= 0.3 is 11.9 Å². The summed E-state index contributed by atoms with van der Waals surface area (Å²) < 4.78 is 57.0. The molecule has 2 rings (SSSR count). The molecular formula is C58H104O9S3. The molecule has 1 fully saturated rings. The van der Waals surface area contributed by atoms with E-state index in [1.54, 1.807) is 24.3 Å². The maximum Gasteiger partial charge on any atom is 0.306 e. The van der Waals surface area contributed by atoms with Crippen LogP contribution in [-0.4, -0.2) is 81.2 Å². The van der Waals surface area contributed by atoms with Crippen molar-refractivity contribution < 1.29 is 41.1 Å². The highest BCUT2D eigenvalue weighted by Gasteiger charge is 2.37. The molecule has 0 saturated carbocycles. The van der Waals surface area contributed by atoms with Gasteiger partial charge in [-0.25, -0.2) is 0 Å². The minimum Gasteiger partial charge on any atom is -0.461 e. The van der Waals surface area contributed by atoms with Crippen LogP contribution in [-0.2, 0) is 42.8 Å². The van der Waals surface area contributed by atoms with Crippen LogP contribution >= 0.6 is 23.5 Å². The van der Waals surface area contributed by atoms with Crippen LogP contribution in [0.3, 0.4) is 0 Å². The number of rotatable bonds is 48. The fourth-order valence-electron chi connectivity index (χ4n) is 8.97. The molecule has 0 radical (unpaired) electrons. The molecule has 1 aromatic carbocycles. The number of unbranched alkanes of at least 4 members (excludes halogenated alkanes) is 22. The Morgan fingerprint density at radius 3 is 1.37 bits per heavy atom. The smallest absolute Gasteiger partial charge is 0.306 e. The Labute approximate surface area is 438 Å². The molecule has 1 aliphatic heterocycles. The van der Waals surface area contributed by atoms with Crippen molar-refractivity contribution in [3.8, 4) is 0 Å². The van der Waals surface area contributed by atoms with Crippen LogP contribution in [0.1, 0.15) is 252 Å². The highest BCUT2D eigenvalue weighted by Crippen LogP contribution is 2.34. The first-order chi connectivity index (χ1) is 34.1. The van der Waals surface area contributed by atoms with Crippen LogP contribution in [0.2, 0.25) is 0 Å². The number of esters is 2. The van der Waals surface area contributed by atoms with E-state index in [4.69, 9.17) is 23.1 Å². The van der Waals surface area contributed by atoms with E-state index in [0.29, 0.717) is 26.1 Å². The maximum atomic E-state index is 13.0. The van der Waals surface area contributed by atoms with Crippen LogP contribution in [0, 0.1) is 12.8 Å². The number of benzene rings is 1. The topological polar surface area (TPSA) is 114 Å². The second-order valence-electron chi connectivity index (χ2n) is 20.4. The largest absolute Gasteiger partial charge is 0.461 e. The van der Waals surface area contributed by atoms with Gasteiger partial charge in [-0.2, -0.15) is 31.9 Å². The van der Waals surface area contributed by atoms with Crippen molar-refractivity contribution in [3.63, 3.8) is 0 Å². The van der Waals surface area contributed by atoms with Gasteiger partial charge in [0.2, 0.25) is 0 Å². The number of aryl methyl sites for hydroxylation is 1. The van der Waals surface area contributed by atoms with Crippen molar-refractivity contribution in [2.75, 3.05) is 42.8 Å². The molecule has 0 spiro atoms. The molecule has 2 atom stereocenters. The molecule has 0 amide bonds. The summed E-state index contributed by atoms with van der Waals surface area (Å²) >= 11 is 3.85. The Morgan fingerprint density at radius 1 is 0.557 bits per heavy atom. The predicted octanol–water partition coefficient (Wildman–Crippen LogP) is 16.7.